The number of rotatable bonds is 6. The van der Waals surface area contributed by atoms with Crippen molar-refractivity contribution in [2.24, 2.45) is 5.92 Å². The molecule has 1 amide bonds. The van der Waals surface area contributed by atoms with Gasteiger partial charge in [-0.25, -0.2) is 19.2 Å². The normalized spacial score (nSPS) is 16.2. The van der Waals surface area contributed by atoms with Gasteiger partial charge in [-0.15, -0.1) is 0 Å². The molecule has 0 spiro atoms. The Bertz CT molecular complexity index is 1150. The van der Waals surface area contributed by atoms with Gasteiger partial charge in [0.15, 0.2) is 5.65 Å². The molecule has 10 heteroatoms. The summed E-state index contributed by atoms with van der Waals surface area (Å²) in [5, 5.41) is 15.0. The number of anilines is 1. The topological polar surface area (TPSA) is 101 Å². The molecule has 3 heterocycles. The summed E-state index contributed by atoms with van der Waals surface area (Å²) in [5.41, 5.74) is 2.69. The Balaban J connectivity index is 1.47. The number of fused-ring (bicyclic) bond motifs is 2. The second-order valence-electron chi connectivity index (χ2n) is 7.51. The van der Waals surface area contributed by atoms with E-state index in [0.717, 1.165) is 24.2 Å². The Morgan fingerprint density at radius 3 is 3.03 bits per heavy atom. The number of nitrogens with zero attached hydrogens (tertiary/aromatic N) is 3. The summed E-state index contributed by atoms with van der Waals surface area (Å²) in [6.07, 6.45) is 4.93. The zero-order chi connectivity index (χ0) is 20.8. The van der Waals surface area contributed by atoms with E-state index < -0.39 is 6.09 Å². The van der Waals surface area contributed by atoms with E-state index in [2.05, 4.69) is 36.5 Å². The van der Waals surface area contributed by atoms with Crippen molar-refractivity contribution in [3.63, 3.8) is 0 Å². The first-order valence-electron chi connectivity index (χ1n) is 9.71. The standard InChI is InChI=1S/C20H19BrFN5O3/c21-13-8-24-19(23-7-12-11-5-6-30-16(11)4-3-14(12)22)27-9-15(25-18(13)27)17(10-1-2-10)26-20(28)29/h3-4,8-10,17,26H,1-2,5-7H2,(H,23,24)(H,28,29). The van der Waals surface area contributed by atoms with Crippen LogP contribution in [0.3, 0.4) is 0 Å². The fourth-order valence-electron chi connectivity index (χ4n) is 3.92. The van der Waals surface area contributed by atoms with Crippen LogP contribution in [-0.2, 0) is 13.0 Å². The number of aromatic nitrogens is 3. The highest BCUT2D eigenvalue weighted by molar-refractivity contribution is 9.10. The van der Waals surface area contributed by atoms with Crippen molar-refractivity contribution in [2.45, 2.75) is 31.8 Å². The Labute approximate surface area is 179 Å². The number of hydrogen-bond acceptors (Lipinski definition) is 5. The average Bonchev–Trinajstić information content (AvgIpc) is 3.26. The van der Waals surface area contributed by atoms with E-state index in [4.69, 9.17) is 4.74 Å². The smallest absolute Gasteiger partial charge is 0.405 e. The Morgan fingerprint density at radius 1 is 1.43 bits per heavy atom. The van der Waals surface area contributed by atoms with Gasteiger partial charge in [-0.05, 0) is 46.8 Å². The van der Waals surface area contributed by atoms with Crippen LogP contribution in [0.15, 0.2) is 29.0 Å². The summed E-state index contributed by atoms with van der Waals surface area (Å²) >= 11 is 3.46. The van der Waals surface area contributed by atoms with Gasteiger partial charge in [0.1, 0.15) is 11.6 Å². The average molecular weight is 476 g/mol. The molecule has 2 aromatic heterocycles. The quantitative estimate of drug-likeness (QED) is 0.499. The SMILES string of the molecule is O=C(O)NC(c1cn2c(NCc3c(F)ccc4c3CCO4)ncc(Br)c2n1)C1CC1. The summed E-state index contributed by atoms with van der Waals surface area (Å²) in [6.45, 7) is 0.797. The maximum absolute atomic E-state index is 14.4. The van der Waals surface area contributed by atoms with E-state index in [1.165, 1.54) is 6.07 Å². The van der Waals surface area contributed by atoms with Crippen molar-refractivity contribution in [3.05, 3.63) is 51.6 Å². The molecule has 1 aliphatic heterocycles. The van der Waals surface area contributed by atoms with Crippen LogP contribution in [0.4, 0.5) is 15.1 Å². The number of benzene rings is 1. The molecule has 2 aliphatic rings. The summed E-state index contributed by atoms with van der Waals surface area (Å²) < 4.78 is 22.4. The maximum Gasteiger partial charge on any atom is 0.405 e. The molecule has 1 aliphatic carbocycles. The van der Waals surface area contributed by atoms with Crippen LogP contribution >= 0.6 is 15.9 Å². The molecule has 3 N–H and O–H groups in total. The highest BCUT2D eigenvalue weighted by atomic mass is 79.9. The minimum absolute atomic E-state index is 0.245. The van der Waals surface area contributed by atoms with Crippen molar-refractivity contribution >= 4 is 33.6 Å². The van der Waals surface area contributed by atoms with Crippen LogP contribution in [0.25, 0.3) is 5.65 Å². The number of amides is 1. The Morgan fingerprint density at radius 2 is 2.27 bits per heavy atom. The van der Waals surface area contributed by atoms with Crippen LogP contribution < -0.4 is 15.4 Å². The lowest BCUT2D eigenvalue weighted by Gasteiger charge is -2.13. The third kappa shape index (κ3) is 3.45. The monoisotopic (exact) mass is 475 g/mol. The minimum atomic E-state index is -1.07. The van der Waals surface area contributed by atoms with Gasteiger partial charge in [0.05, 0.1) is 22.8 Å². The lowest BCUT2D eigenvalue weighted by Crippen LogP contribution is -2.28. The Kier molecular flexibility index (Phi) is 4.73. The lowest BCUT2D eigenvalue weighted by atomic mass is 10.0. The molecule has 1 saturated carbocycles. The van der Waals surface area contributed by atoms with Crippen LogP contribution in [0.1, 0.15) is 35.7 Å². The first kappa shape index (κ1) is 19.1. The summed E-state index contributed by atoms with van der Waals surface area (Å²) in [4.78, 5) is 20.3. The highest BCUT2D eigenvalue weighted by Crippen LogP contribution is 2.41. The molecule has 0 saturated heterocycles. The largest absolute Gasteiger partial charge is 0.493 e. The zero-order valence-electron chi connectivity index (χ0n) is 15.9. The van der Waals surface area contributed by atoms with E-state index in [1.807, 2.05) is 0 Å². The molecule has 1 fully saturated rings. The van der Waals surface area contributed by atoms with Gasteiger partial charge in [0, 0.05) is 36.5 Å². The first-order valence-corrected chi connectivity index (χ1v) is 10.5. The molecule has 30 heavy (non-hydrogen) atoms. The molecule has 0 radical (unpaired) electrons. The number of halogens is 2. The van der Waals surface area contributed by atoms with E-state index in [1.54, 1.807) is 22.9 Å². The third-order valence-electron chi connectivity index (χ3n) is 5.52. The number of ether oxygens (including phenoxy) is 1. The second-order valence-corrected chi connectivity index (χ2v) is 8.36. The maximum atomic E-state index is 14.4. The summed E-state index contributed by atoms with van der Waals surface area (Å²) in [5.74, 6) is 1.17. The minimum Gasteiger partial charge on any atom is -0.493 e. The van der Waals surface area contributed by atoms with Gasteiger partial charge in [-0.2, -0.15) is 0 Å². The van der Waals surface area contributed by atoms with Crippen molar-refractivity contribution in [1.29, 1.82) is 0 Å². The van der Waals surface area contributed by atoms with Crippen LogP contribution in [-0.4, -0.2) is 32.2 Å². The molecule has 1 aromatic carbocycles. The van der Waals surface area contributed by atoms with E-state index in [0.29, 0.717) is 40.4 Å². The van der Waals surface area contributed by atoms with Gasteiger partial charge in [-0.1, -0.05) is 0 Å². The van der Waals surface area contributed by atoms with Gasteiger partial charge < -0.3 is 20.5 Å². The van der Waals surface area contributed by atoms with Gasteiger partial charge in [0.2, 0.25) is 5.95 Å². The predicted molar refractivity (Wildman–Crippen MR) is 110 cm³/mol. The molecule has 0 bridgehead atoms. The van der Waals surface area contributed by atoms with Crippen molar-refractivity contribution < 1.29 is 19.0 Å². The zero-order valence-corrected chi connectivity index (χ0v) is 17.4. The summed E-state index contributed by atoms with van der Waals surface area (Å²) in [7, 11) is 0. The summed E-state index contributed by atoms with van der Waals surface area (Å²) in [6, 6.07) is 2.71. The fraction of sp³-hybridized carbons (Fsp3) is 0.350. The van der Waals surface area contributed by atoms with Crippen LogP contribution in [0.2, 0.25) is 0 Å². The van der Waals surface area contributed by atoms with Gasteiger partial charge in [0.25, 0.3) is 0 Å². The van der Waals surface area contributed by atoms with Crippen molar-refractivity contribution in [3.8, 4) is 5.75 Å². The van der Waals surface area contributed by atoms with E-state index in [9.17, 15) is 14.3 Å². The fourth-order valence-corrected chi connectivity index (χ4v) is 4.30. The molecule has 5 rings (SSSR count). The second kappa shape index (κ2) is 7.42. The number of imidazole rings is 1. The molecule has 1 unspecified atom stereocenters. The van der Waals surface area contributed by atoms with E-state index in [-0.39, 0.29) is 24.3 Å². The van der Waals surface area contributed by atoms with Crippen molar-refractivity contribution in [2.75, 3.05) is 11.9 Å². The lowest BCUT2D eigenvalue weighted by molar-refractivity contribution is 0.188. The number of nitrogens with one attached hydrogen (secondary N) is 2. The van der Waals surface area contributed by atoms with E-state index >= 15 is 0 Å². The molecule has 3 aromatic rings. The van der Waals surface area contributed by atoms with Gasteiger partial charge >= 0.3 is 6.09 Å². The molecule has 8 nitrogen and oxygen atoms in total. The highest BCUT2D eigenvalue weighted by Gasteiger charge is 2.35. The van der Waals surface area contributed by atoms with Gasteiger partial charge in [-0.3, -0.25) is 4.40 Å². The predicted octanol–water partition coefficient (Wildman–Crippen LogP) is 3.90. The van der Waals surface area contributed by atoms with Crippen LogP contribution in [0.5, 0.6) is 5.75 Å². The van der Waals surface area contributed by atoms with Crippen molar-refractivity contribution in [1.82, 2.24) is 19.7 Å². The molecule has 156 valence electrons. The third-order valence-corrected chi connectivity index (χ3v) is 6.08. The van der Waals surface area contributed by atoms with Crippen LogP contribution in [0, 0.1) is 11.7 Å². The molecule has 1 atom stereocenters. The number of hydrogen-bond donors (Lipinski definition) is 3. The number of carboxylic acid groups (broad SMARTS) is 1. The number of carbonyl (C=O) groups is 1. The Hall–Kier alpha value is -2.88. The molecular weight excluding hydrogens is 457 g/mol. The first-order chi connectivity index (χ1) is 14.5. The molecular formula is C20H19BrFN5O3.